The van der Waals surface area contributed by atoms with Crippen molar-refractivity contribution < 1.29 is 5.11 Å². The van der Waals surface area contributed by atoms with E-state index in [2.05, 4.69) is 28.9 Å². The quantitative estimate of drug-likeness (QED) is 0.787. The maximum Gasteiger partial charge on any atom is 0.0600 e. The summed E-state index contributed by atoms with van der Waals surface area (Å²) in [6.45, 7) is 7.15. The zero-order valence-electron chi connectivity index (χ0n) is 11.1. The highest BCUT2D eigenvalue weighted by Gasteiger charge is 2.16. The lowest BCUT2D eigenvalue weighted by atomic mass is 10.1. The van der Waals surface area contributed by atoms with Gasteiger partial charge >= 0.3 is 0 Å². The molecule has 0 spiro atoms. The first-order chi connectivity index (χ1) is 8.70. The normalized spacial score (nSPS) is 17.8. The van der Waals surface area contributed by atoms with Gasteiger partial charge in [0, 0.05) is 26.2 Å². The minimum atomic E-state index is 0.243. The average molecular weight is 249 g/mol. The number of anilines is 2. The number of nitrogens with two attached hydrogens (primary N) is 1. The number of nitrogen functional groups attached to an aromatic ring is 1. The number of rotatable bonds is 3. The highest BCUT2D eigenvalue weighted by molar-refractivity contribution is 5.68. The summed E-state index contributed by atoms with van der Waals surface area (Å²) in [5.41, 5.74) is 9.31. The van der Waals surface area contributed by atoms with Gasteiger partial charge in [-0.05, 0) is 37.6 Å². The molecule has 1 heterocycles. The molecule has 0 amide bonds. The number of nitrogens with zero attached hydrogens (tertiary/aromatic N) is 2. The number of hydrogen-bond acceptors (Lipinski definition) is 4. The number of benzene rings is 1. The lowest BCUT2D eigenvalue weighted by Gasteiger charge is -2.25. The number of aliphatic hydroxyl groups is 1. The Morgan fingerprint density at radius 1 is 1.22 bits per heavy atom. The first-order valence-corrected chi connectivity index (χ1v) is 6.65. The van der Waals surface area contributed by atoms with Crippen LogP contribution < -0.4 is 10.6 Å². The first-order valence-electron chi connectivity index (χ1n) is 6.65. The van der Waals surface area contributed by atoms with Crippen LogP contribution in [0.3, 0.4) is 0 Å². The van der Waals surface area contributed by atoms with Crippen molar-refractivity contribution in [3.8, 4) is 0 Å². The fraction of sp³-hybridized carbons (Fsp3) is 0.571. The molecule has 0 atom stereocenters. The summed E-state index contributed by atoms with van der Waals surface area (Å²) >= 11 is 0. The van der Waals surface area contributed by atoms with Gasteiger partial charge in [0.1, 0.15) is 0 Å². The summed E-state index contributed by atoms with van der Waals surface area (Å²) in [5, 5.41) is 8.99. The first kappa shape index (κ1) is 13.2. The van der Waals surface area contributed by atoms with Crippen molar-refractivity contribution >= 4 is 11.4 Å². The number of β-amino-alcohol motifs (C(OH)–C–C–N with tert-alkyl or cyclic N) is 1. The zero-order chi connectivity index (χ0) is 13.0. The van der Waals surface area contributed by atoms with Gasteiger partial charge < -0.3 is 15.7 Å². The van der Waals surface area contributed by atoms with Gasteiger partial charge in [0.05, 0.1) is 18.0 Å². The third-order valence-corrected chi connectivity index (χ3v) is 3.53. The van der Waals surface area contributed by atoms with E-state index in [1.807, 2.05) is 6.07 Å². The molecule has 1 aliphatic heterocycles. The smallest absolute Gasteiger partial charge is 0.0600 e. The van der Waals surface area contributed by atoms with E-state index in [9.17, 15) is 0 Å². The van der Waals surface area contributed by atoms with Crippen LogP contribution in [0.25, 0.3) is 0 Å². The van der Waals surface area contributed by atoms with Gasteiger partial charge in [-0.2, -0.15) is 0 Å². The second-order valence-corrected chi connectivity index (χ2v) is 4.97. The van der Waals surface area contributed by atoms with E-state index in [4.69, 9.17) is 10.8 Å². The van der Waals surface area contributed by atoms with Gasteiger partial charge in [0.25, 0.3) is 0 Å². The standard InChI is InChI=1S/C14H23N3O/c1-12-3-4-14(13(15)11-12)17-6-2-5-16(7-8-17)9-10-18/h3-4,11,18H,2,5-10,15H2,1H3. The largest absolute Gasteiger partial charge is 0.397 e. The molecule has 1 aromatic rings. The highest BCUT2D eigenvalue weighted by Crippen LogP contribution is 2.25. The molecule has 3 N–H and O–H groups in total. The summed E-state index contributed by atoms with van der Waals surface area (Å²) in [4.78, 5) is 4.66. The molecule has 2 rings (SSSR count). The van der Waals surface area contributed by atoms with E-state index in [0.717, 1.165) is 50.5 Å². The molecule has 0 unspecified atom stereocenters. The Balaban J connectivity index is 2.05. The van der Waals surface area contributed by atoms with Gasteiger partial charge in [-0.25, -0.2) is 0 Å². The molecular weight excluding hydrogens is 226 g/mol. The Morgan fingerprint density at radius 3 is 2.78 bits per heavy atom. The van der Waals surface area contributed by atoms with Gasteiger partial charge in [-0.1, -0.05) is 6.07 Å². The van der Waals surface area contributed by atoms with Crippen LogP contribution in [0.4, 0.5) is 11.4 Å². The number of aryl methyl sites for hydroxylation is 1. The van der Waals surface area contributed by atoms with Crippen molar-refractivity contribution in [2.45, 2.75) is 13.3 Å². The Morgan fingerprint density at radius 2 is 2.06 bits per heavy atom. The SMILES string of the molecule is Cc1ccc(N2CCCN(CCO)CC2)c(N)c1. The van der Waals surface area contributed by atoms with E-state index in [1.54, 1.807) is 0 Å². The van der Waals surface area contributed by atoms with Gasteiger partial charge in [-0.3, -0.25) is 4.90 Å². The van der Waals surface area contributed by atoms with Crippen LogP contribution in [0, 0.1) is 6.92 Å². The Bertz CT molecular complexity index is 395. The maximum atomic E-state index is 8.99. The highest BCUT2D eigenvalue weighted by atomic mass is 16.3. The van der Waals surface area contributed by atoms with Crippen molar-refractivity contribution in [1.82, 2.24) is 4.90 Å². The minimum Gasteiger partial charge on any atom is -0.397 e. The van der Waals surface area contributed by atoms with Gasteiger partial charge in [-0.15, -0.1) is 0 Å². The third kappa shape index (κ3) is 3.15. The van der Waals surface area contributed by atoms with Crippen molar-refractivity contribution in [2.75, 3.05) is 50.0 Å². The van der Waals surface area contributed by atoms with Crippen molar-refractivity contribution in [3.05, 3.63) is 23.8 Å². The van der Waals surface area contributed by atoms with E-state index >= 15 is 0 Å². The molecule has 0 radical (unpaired) electrons. The summed E-state index contributed by atoms with van der Waals surface area (Å²) in [5.74, 6) is 0. The Kier molecular flexibility index (Phi) is 4.44. The lowest BCUT2D eigenvalue weighted by molar-refractivity contribution is 0.204. The summed E-state index contributed by atoms with van der Waals surface area (Å²) in [7, 11) is 0. The van der Waals surface area contributed by atoms with E-state index in [-0.39, 0.29) is 6.61 Å². The molecular formula is C14H23N3O. The second kappa shape index (κ2) is 6.07. The third-order valence-electron chi connectivity index (χ3n) is 3.53. The maximum absolute atomic E-state index is 8.99. The van der Waals surface area contributed by atoms with Crippen LogP contribution in [-0.2, 0) is 0 Å². The molecule has 0 aromatic heterocycles. The molecule has 0 aliphatic carbocycles. The topological polar surface area (TPSA) is 52.7 Å². The predicted molar refractivity (Wildman–Crippen MR) is 75.9 cm³/mol. The van der Waals surface area contributed by atoms with Crippen LogP contribution >= 0.6 is 0 Å². The summed E-state index contributed by atoms with van der Waals surface area (Å²) < 4.78 is 0. The monoisotopic (exact) mass is 249 g/mol. The molecule has 18 heavy (non-hydrogen) atoms. The molecule has 0 saturated carbocycles. The molecule has 100 valence electrons. The molecule has 1 aliphatic rings. The Hall–Kier alpha value is -1.26. The molecule has 4 nitrogen and oxygen atoms in total. The molecule has 4 heteroatoms. The predicted octanol–water partition coefficient (Wildman–Crippen LogP) is 1.08. The summed E-state index contributed by atoms with van der Waals surface area (Å²) in [6, 6.07) is 6.26. The molecule has 1 aromatic carbocycles. The molecule has 1 fully saturated rings. The number of aliphatic hydroxyl groups excluding tert-OH is 1. The van der Waals surface area contributed by atoms with E-state index in [0.29, 0.717) is 0 Å². The summed E-state index contributed by atoms with van der Waals surface area (Å²) in [6.07, 6.45) is 1.12. The second-order valence-electron chi connectivity index (χ2n) is 4.97. The fourth-order valence-electron chi connectivity index (χ4n) is 2.54. The Labute approximate surface area is 109 Å². The van der Waals surface area contributed by atoms with Crippen LogP contribution in [0.2, 0.25) is 0 Å². The van der Waals surface area contributed by atoms with Crippen molar-refractivity contribution in [1.29, 1.82) is 0 Å². The average Bonchev–Trinajstić information content (AvgIpc) is 2.55. The number of hydrogen-bond donors (Lipinski definition) is 2. The molecule has 0 bridgehead atoms. The van der Waals surface area contributed by atoms with Crippen molar-refractivity contribution in [3.63, 3.8) is 0 Å². The van der Waals surface area contributed by atoms with E-state index < -0.39 is 0 Å². The zero-order valence-corrected chi connectivity index (χ0v) is 11.1. The van der Waals surface area contributed by atoms with Crippen LogP contribution in [0.5, 0.6) is 0 Å². The van der Waals surface area contributed by atoms with Crippen LogP contribution in [0.15, 0.2) is 18.2 Å². The van der Waals surface area contributed by atoms with E-state index in [1.165, 1.54) is 5.56 Å². The van der Waals surface area contributed by atoms with Gasteiger partial charge in [0.2, 0.25) is 0 Å². The van der Waals surface area contributed by atoms with Crippen LogP contribution in [-0.4, -0.2) is 49.3 Å². The lowest BCUT2D eigenvalue weighted by Crippen LogP contribution is -2.32. The molecule has 1 saturated heterocycles. The van der Waals surface area contributed by atoms with Crippen molar-refractivity contribution in [2.24, 2.45) is 0 Å². The fourth-order valence-corrected chi connectivity index (χ4v) is 2.54. The van der Waals surface area contributed by atoms with Gasteiger partial charge in [0.15, 0.2) is 0 Å². The minimum absolute atomic E-state index is 0.243. The van der Waals surface area contributed by atoms with Crippen LogP contribution in [0.1, 0.15) is 12.0 Å².